The number of carbonyl (C=O) groups excluding carboxylic acids is 1. The number of amides is 2. The Kier molecular flexibility index (Phi) is 3.65. The Morgan fingerprint density at radius 3 is 2.61 bits per heavy atom. The minimum atomic E-state index is -0.912. The number of piperidine rings is 1. The molecule has 2 aromatic heterocycles. The summed E-state index contributed by atoms with van der Waals surface area (Å²) in [5, 5.41) is 13.2. The molecule has 0 aliphatic carbocycles. The molecule has 144 valence electrons. The van der Waals surface area contributed by atoms with Crippen molar-refractivity contribution in [2.45, 2.75) is 25.2 Å². The molecule has 3 aromatic rings. The van der Waals surface area contributed by atoms with Crippen molar-refractivity contribution in [3.63, 3.8) is 0 Å². The molecule has 5 rings (SSSR count). The van der Waals surface area contributed by atoms with Gasteiger partial charge in [0.15, 0.2) is 5.65 Å². The zero-order valence-corrected chi connectivity index (χ0v) is 15.1. The molecule has 2 aliphatic heterocycles. The summed E-state index contributed by atoms with van der Waals surface area (Å²) in [6.07, 6.45) is 0.902. The molecule has 9 nitrogen and oxygen atoms in total. The molecule has 1 aromatic carbocycles. The lowest BCUT2D eigenvalue weighted by Crippen LogP contribution is -2.43. The largest absolute Gasteiger partial charge is 0.465 e. The molecule has 4 heterocycles. The monoisotopic (exact) mass is 381 g/mol. The predicted molar refractivity (Wildman–Crippen MR) is 102 cm³/mol. The van der Waals surface area contributed by atoms with Gasteiger partial charge in [-0.15, -0.1) is 0 Å². The molecule has 0 radical (unpaired) electrons. The van der Waals surface area contributed by atoms with Crippen LogP contribution in [0, 0.1) is 0 Å². The fraction of sp³-hybridized carbons (Fsp3) is 0.368. The van der Waals surface area contributed by atoms with Crippen LogP contribution >= 0.6 is 0 Å². The van der Waals surface area contributed by atoms with Gasteiger partial charge in [0.05, 0.1) is 22.3 Å². The third kappa shape index (κ3) is 2.46. The van der Waals surface area contributed by atoms with Gasteiger partial charge in [0.25, 0.3) is 5.56 Å². The SMILES string of the molecule is O=C(O)N1CCC(c2cc(=O)nc3c4c(N5CCC5=O)cccc4[nH]n23)CC1. The molecule has 9 heteroatoms. The lowest BCUT2D eigenvalue weighted by molar-refractivity contribution is -0.122. The molecule has 0 spiro atoms. The van der Waals surface area contributed by atoms with Crippen molar-refractivity contribution in [1.29, 1.82) is 0 Å². The lowest BCUT2D eigenvalue weighted by atomic mass is 9.93. The Labute approximate surface area is 159 Å². The molecule has 0 atom stereocenters. The van der Waals surface area contributed by atoms with Gasteiger partial charge in [-0.1, -0.05) is 6.07 Å². The van der Waals surface area contributed by atoms with Crippen molar-refractivity contribution in [3.8, 4) is 0 Å². The molecule has 2 saturated heterocycles. The first-order valence-corrected chi connectivity index (χ1v) is 9.35. The number of nitrogens with zero attached hydrogens (tertiary/aromatic N) is 4. The number of carboxylic acid groups (broad SMARTS) is 1. The van der Waals surface area contributed by atoms with Gasteiger partial charge >= 0.3 is 6.09 Å². The average molecular weight is 381 g/mol. The van der Waals surface area contributed by atoms with Gasteiger partial charge in [0.1, 0.15) is 0 Å². The highest BCUT2D eigenvalue weighted by Crippen LogP contribution is 2.34. The second kappa shape index (κ2) is 6.08. The van der Waals surface area contributed by atoms with Crippen molar-refractivity contribution in [2.24, 2.45) is 0 Å². The fourth-order valence-electron chi connectivity index (χ4n) is 4.24. The van der Waals surface area contributed by atoms with Crippen LogP contribution < -0.4 is 10.5 Å². The predicted octanol–water partition coefficient (Wildman–Crippen LogP) is 1.77. The number of anilines is 1. The van der Waals surface area contributed by atoms with Crippen LogP contribution in [0.1, 0.15) is 30.9 Å². The van der Waals surface area contributed by atoms with Gasteiger partial charge < -0.3 is 14.9 Å². The Morgan fingerprint density at radius 2 is 1.96 bits per heavy atom. The summed E-state index contributed by atoms with van der Waals surface area (Å²) in [6, 6.07) is 7.18. The van der Waals surface area contributed by atoms with Crippen molar-refractivity contribution >= 4 is 34.2 Å². The highest BCUT2D eigenvalue weighted by Gasteiger charge is 2.29. The number of hydrogen-bond donors (Lipinski definition) is 2. The molecule has 0 saturated carbocycles. The average Bonchev–Trinajstić information content (AvgIpc) is 3.05. The van der Waals surface area contributed by atoms with Gasteiger partial charge in [-0.05, 0) is 25.0 Å². The first-order valence-electron chi connectivity index (χ1n) is 9.35. The summed E-state index contributed by atoms with van der Waals surface area (Å²) in [7, 11) is 0. The highest BCUT2D eigenvalue weighted by atomic mass is 16.4. The Balaban J connectivity index is 1.65. The van der Waals surface area contributed by atoms with Crippen molar-refractivity contribution in [2.75, 3.05) is 24.5 Å². The molecule has 28 heavy (non-hydrogen) atoms. The summed E-state index contributed by atoms with van der Waals surface area (Å²) in [5.41, 5.74) is 2.55. The van der Waals surface area contributed by atoms with E-state index in [2.05, 4.69) is 10.1 Å². The summed E-state index contributed by atoms with van der Waals surface area (Å²) in [4.78, 5) is 42.8. The minimum Gasteiger partial charge on any atom is -0.465 e. The van der Waals surface area contributed by atoms with Crippen molar-refractivity contribution in [1.82, 2.24) is 19.5 Å². The molecule has 2 N–H and O–H groups in total. The number of β-lactam (4-membered cyclic amide) rings is 1. The van der Waals surface area contributed by atoms with Crippen LogP contribution in [0.3, 0.4) is 0 Å². The second-order valence-electron chi connectivity index (χ2n) is 7.33. The number of rotatable bonds is 2. The number of hydrogen-bond acceptors (Lipinski definition) is 4. The zero-order chi connectivity index (χ0) is 19.4. The molecule has 2 aliphatic rings. The Bertz CT molecular complexity index is 1170. The molecular weight excluding hydrogens is 362 g/mol. The van der Waals surface area contributed by atoms with E-state index >= 15 is 0 Å². The van der Waals surface area contributed by atoms with E-state index < -0.39 is 6.09 Å². The molecule has 0 unspecified atom stereocenters. The van der Waals surface area contributed by atoms with Crippen LogP contribution in [-0.2, 0) is 4.79 Å². The Morgan fingerprint density at radius 1 is 1.18 bits per heavy atom. The molecule has 2 amide bonds. The molecule has 0 bridgehead atoms. The summed E-state index contributed by atoms with van der Waals surface area (Å²) < 4.78 is 1.82. The van der Waals surface area contributed by atoms with Crippen LogP contribution in [-0.4, -0.2) is 56.2 Å². The maximum absolute atomic E-state index is 12.4. The van der Waals surface area contributed by atoms with E-state index in [1.165, 1.54) is 11.0 Å². The molecular formula is C19H19N5O4. The molecule has 2 fully saturated rings. The number of H-pyrrole nitrogens is 1. The fourth-order valence-corrected chi connectivity index (χ4v) is 4.24. The maximum atomic E-state index is 12.4. The number of aromatic nitrogens is 3. The van der Waals surface area contributed by atoms with E-state index in [1.807, 2.05) is 22.7 Å². The van der Waals surface area contributed by atoms with Gasteiger partial charge in [-0.2, -0.15) is 4.98 Å². The summed E-state index contributed by atoms with van der Waals surface area (Å²) in [6.45, 7) is 1.53. The number of carbonyl (C=O) groups is 2. The highest BCUT2D eigenvalue weighted by molar-refractivity contribution is 6.10. The van der Waals surface area contributed by atoms with E-state index in [0.29, 0.717) is 44.5 Å². The quantitative estimate of drug-likeness (QED) is 0.657. The van der Waals surface area contributed by atoms with Crippen LogP contribution in [0.2, 0.25) is 0 Å². The van der Waals surface area contributed by atoms with E-state index in [-0.39, 0.29) is 17.4 Å². The number of aromatic amines is 1. The Hall–Kier alpha value is -3.36. The number of nitrogens with one attached hydrogen (secondary N) is 1. The first kappa shape index (κ1) is 16.8. The minimum absolute atomic E-state index is 0.0564. The van der Waals surface area contributed by atoms with E-state index in [4.69, 9.17) is 5.11 Å². The second-order valence-corrected chi connectivity index (χ2v) is 7.33. The smallest absolute Gasteiger partial charge is 0.407 e. The van der Waals surface area contributed by atoms with Crippen LogP contribution in [0.5, 0.6) is 0 Å². The van der Waals surface area contributed by atoms with Gasteiger partial charge in [-0.3, -0.25) is 14.7 Å². The third-order valence-electron chi connectivity index (χ3n) is 5.78. The van der Waals surface area contributed by atoms with Crippen LogP contribution in [0.4, 0.5) is 10.5 Å². The van der Waals surface area contributed by atoms with Crippen molar-refractivity contribution in [3.05, 3.63) is 40.3 Å². The number of benzene rings is 1. The third-order valence-corrected chi connectivity index (χ3v) is 5.78. The zero-order valence-electron chi connectivity index (χ0n) is 15.1. The normalized spacial score (nSPS) is 18.1. The van der Waals surface area contributed by atoms with Gasteiger partial charge in [-0.25, -0.2) is 9.31 Å². The summed E-state index contributed by atoms with van der Waals surface area (Å²) >= 11 is 0. The number of likely N-dealkylation sites (tertiary alicyclic amines) is 1. The van der Waals surface area contributed by atoms with Crippen molar-refractivity contribution < 1.29 is 14.7 Å². The maximum Gasteiger partial charge on any atom is 0.407 e. The van der Waals surface area contributed by atoms with E-state index in [1.54, 1.807) is 4.90 Å². The first-order chi connectivity index (χ1) is 13.5. The van der Waals surface area contributed by atoms with E-state index in [0.717, 1.165) is 22.3 Å². The number of fused-ring (bicyclic) bond motifs is 3. The summed E-state index contributed by atoms with van der Waals surface area (Å²) in [5.74, 6) is 0.118. The van der Waals surface area contributed by atoms with Gasteiger partial charge in [0.2, 0.25) is 5.91 Å². The standard InChI is InChI=1S/C19H19N5O4/c25-15-10-14(11-4-7-22(8-5-11)19(27)28)24-18(20-15)17-12(21-24)2-1-3-13(17)23-9-6-16(23)26/h1-3,10-11,21H,4-9H2,(H,27,28). The van der Waals surface area contributed by atoms with Crippen LogP contribution in [0.25, 0.3) is 16.6 Å². The topological polar surface area (TPSA) is 111 Å². The van der Waals surface area contributed by atoms with E-state index in [9.17, 15) is 14.4 Å². The van der Waals surface area contributed by atoms with Crippen LogP contribution in [0.15, 0.2) is 29.1 Å². The van der Waals surface area contributed by atoms with Gasteiger partial charge in [0, 0.05) is 38.0 Å². The lowest BCUT2D eigenvalue weighted by Gasteiger charge is -2.31.